The summed E-state index contributed by atoms with van der Waals surface area (Å²) in [5, 5.41) is 0. The summed E-state index contributed by atoms with van der Waals surface area (Å²) in [7, 11) is 0. The van der Waals surface area contributed by atoms with Crippen molar-refractivity contribution in [2.75, 3.05) is 26.4 Å². The number of benzene rings is 5. The number of rotatable bonds is 23. The molecule has 0 N–H and O–H groups in total. The van der Waals surface area contributed by atoms with Crippen LogP contribution in [0.15, 0.2) is 127 Å². The molecule has 0 amide bonds. The van der Waals surface area contributed by atoms with Crippen LogP contribution in [0, 0.1) is 13.8 Å². The fraction of sp³-hybridized carbons (Fsp3) is 0.283. The maximum absolute atomic E-state index is 13.1. The van der Waals surface area contributed by atoms with Crippen molar-refractivity contribution < 1.29 is 91.5 Å². The van der Waals surface area contributed by atoms with E-state index in [4.69, 9.17) is 28.4 Å². The first-order valence-corrected chi connectivity index (χ1v) is 22.2. The SMILES string of the molecule is Cc1ccc(C(COC(=O)/C=C/c2ccc(OC(=O)c3ccc(OCCCC(F)(F)C(F)(F)F)cc3)cc2)COC(=O)/C=C/c2ccc(OC(=O)c3ccc(OCCCC(F)(F)C(F)(F)F)cc3)cc2)c(C)c1. The van der Waals surface area contributed by atoms with Gasteiger partial charge < -0.3 is 28.4 Å². The van der Waals surface area contributed by atoms with E-state index in [-0.39, 0.29) is 47.3 Å². The average Bonchev–Trinajstić information content (AvgIpc) is 3.33. The van der Waals surface area contributed by atoms with Crippen LogP contribution in [0.3, 0.4) is 0 Å². The topological polar surface area (TPSA) is 124 Å². The third-order valence-corrected chi connectivity index (χ3v) is 10.5. The molecular weight excluding hydrogens is 987 g/mol. The number of hydrogen-bond acceptors (Lipinski definition) is 10. The highest BCUT2D eigenvalue weighted by molar-refractivity contribution is 5.92. The van der Waals surface area contributed by atoms with Crippen LogP contribution in [0.2, 0.25) is 0 Å². The molecule has 0 aliphatic heterocycles. The van der Waals surface area contributed by atoms with Gasteiger partial charge in [0.05, 0.1) is 30.3 Å². The predicted octanol–water partition coefficient (Wildman–Crippen LogP) is 13.1. The van der Waals surface area contributed by atoms with E-state index in [1.165, 1.54) is 97.1 Å². The maximum atomic E-state index is 13.1. The van der Waals surface area contributed by atoms with Gasteiger partial charge in [0.25, 0.3) is 0 Å². The van der Waals surface area contributed by atoms with Crippen LogP contribution >= 0.6 is 0 Å². The largest absolute Gasteiger partial charge is 0.494 e. The lowest BCUT2D eigenvalue weighted by atomic mass is 9.94. The molecule has 0 unspecified atom stereocenters. The highest BCUT2D eigenvalue weighted by atomic mass is 19.4. The maximum Gasteiger partial charge on any atom is 0.453 e. The molecule has 5 aromatic carbocycles. The molecule has 5 rings (SSSR count). The molecule has 5 aromatic rings. The van der Waals surface area contributed by atoms with Gasteiger partial charge >= 0.3 is 48.1 Å². The molecular formula is C53H46F10O10. The fourth-order valence-electron chi connectivity index (χ4n) is 6.55. The number of carbonyl (C=O) groups is 4. The van der Waals surface area contributed by atoms with E-state index >= 15 is 0 Å². The smallest absolute Gasteiger partial charge is 0.453 e. The number of hydrogen-bond donors (Lipinski definition) is 0. The minimum absolute atomic E-state index is 0.103. The molecule has 0 saturated carbocycles. The summed E-state index contributed by atoms with van der Waals surface area (Å²) in [6.07, 6.45) is -9.94. The van der Waals surface area contributed by atoms with Crippen molar-refractivity contribution in [2.24, 2.45) is 0 Å². The zero-order valence-electron chi connectivity index (χ0n) is 38.9. The molecule has 0 heterocycles. The van der Waals surface area contributed by atoms with Gasteiger partial charge in [0.1, 0.15) is 36.2 Å². The Kier molecular flexibility index (Phi) is 19.4. The van der Waals surface area contributed by atoms with Gasteiger partial charge in [-0.25, -0.2) is 19.2 Å². The van der Waals surface area contributed by atoms with E-state index in [2.05, 4.69) is 0 Å². The Balaban J connectivity index is 1.06. The van der Waals surface area contributed by atoms with Crippen LogP contribution in [0.4, 0.5) is 43.9 Å². The van der Waals surface area contributed by atoms with Crippen LogP contribution in [0.25, 0.3) is 12.2 Å². The Hall–Kier alpha value is -7.64. The number of aryl methyl sites for hydroxylation is 2. The Bertz CT molecular complexity index is 2540. The average molecular weight is 1030 g/mol. The second-order valence-corrected chi connectivity index (χ2v) is 16.3. The predicted molar refractivity (Wildman–Crippen MR) is 246 cm³/mol. The van der Waals surface area contributed by atoms with Crippen molar-refractivity contribution in [2.45, 2.75) is 69.6 Å². The van der Waals surface area contributed by atoms with Gasteiger partial charge in [0.15, 0.2) is 0 Å². The van der Waals surface area contributed by atoms with Gasteiger partial charge in [0, 0.05) is 25.0 Å². The molecule has 0 fully saturated rings. The third-order valence-electron chi connectivity index (χ3n) is 10.5. The van der Waals surface area contributed by atoms with Crippen molar-refractivity contribution in [3.8, 4) is 23.0 Å². The van der Waals surface area contributed by atoms with Gasteiger partial charge in [0.2, 0.25) is 0 Å². The summed E-state index contributed by atoms with van der Waals surface area (Å²) in [5.41, 5.74) is 3.95. The van der Waals surface area contributed by atoms with Crippen LogP contribution < -0.4 is 18.9 Å². The first-order chi connectivity index (χ1) is 34.4. The lowest BCUT2D eigenvalue weighted by Crippen LogP contribution is -2.36. The molecule has 0 atom stereocenters. The van der Waals surface area contributed by atoms with Gasteiger partial charge in [-0.05, 0) is 134 Å². The van der Waals surface area contributed by atoms with Gasteiger partial charge in [-0.15, -0.1) is 0 Å². The lowest BCUT2D eigenvalue weighted by molar-refractivity contribution is -0.284. The normalized spacial score (nSPS) is 12.2. The molecule has 20 heteroatoms. The summed E-state index contributed by atoms with van der Waals surface area (Å²) >= 11 is 0. The minimum atomic E-state index is -5.65. The molecule has 0 aliphatic rings. The zero-order valence-corrected chi connectivity index (χ0v) is 38.9. The van der Waals surface area contributed by atoms with Crippen molar-refractivity contribution in [3.05, 3.63) is 166 Å². The molecule has 0 bridgehead atoms. The first kappa shape index (κ1) is 56.3. The van der Waals surface area contributed by atoms with Crippen LogP contribution in [-0.2, 0) is 19.1 Å². The van der Waals surface area contributed by atoms with Gasteiger partial charge in [-0.1, -0.05) is 48.0 Å². The number of esters is 4. The summed E-state index contributed by atoms with van der Waals surface area (Å²) in [4.78, 5) is 51.0. The van der Waals surface area contributed by atoms with E-state index in [9.17, 15) is 63.1 Å². The summed E-state index contributed by atoms with van der Waals surface area (Å²) < 4.78 is 159. The fourth-order valence-corrected chi connectivity index (χ4v) is 6.55. The quantitative estimate of drug-likeness (QED) is 0.0205. The van der Waals surface area contributed by atoms with Crippen LogP contribution in [-0.4, -0.2) is 74.5 Å². The Morgan fingerprint density at radius 1 is 0.493 bits per heavy atom. The van der Waals surface area contributed by atoms with Crippen molar-refractivity contribution in [1.29, 1.82) is 0 Å². The zero-order chi connectivity index (χ0) is 53.4. The highest BCUT2D eigenvalue weighted by Gasteiger charge is 2.57. The van der Waals surface area contributed by atoms with E-state index in [0.29, 0.717) is 11.1 Å². The van der Waals surface area contributed by atoms with E-state index in [1.54, 1.807) is 24.3 Å². The molecule has 388 valence electrons. The lowest BCUT2D eigenvalue weighted by Gasteiger charge is -2.19. The summed E-state index contributed by atoms with van der Waals surface area (Å²) in [6.45, 7) is 2.68. The molecule has 0 saturated heterocycles. The minimum Gasteiger partial charge on any atom is -0.494 e. The van der Waals surface area contributed by atoms with E-state index < -0.39 is 92.9 Å². The van der Waals surface area contributed by atoms with Gasteiger partial charge in [-0.2, -0.15) is 43.9 Å². The summed E-state index contributed by atoms with van der Waals surface area (Å²) in [5.74, 6) is -12.5. The van der Waals surface area contributed by atoms with Crippen molar-refractivity contribution in [1.82, 2.24) is 0 Å². The molecule has 10 nitrogen and oxygen atoms in total. The first-order valence-electron chi connectivity index (χ1n) is 22.2. The second-order valence-electron chi connectivity index (χ2n) is 16.3. The second kappa shape index (κ2) is 25.1. The Morgan fingerprint density at radius 3 is 1.22 bits per heavy atom. The molecule has 0 radical (unpaired) electrons. The number of carbonyl (C=O) groups excluding carboxylic acids is 4. The Labute approximate surface area is 412 Å². The van der Waals surface area contributed by atoms with Crippen LogP contribution in [0.1, 0.15) is 80.1 Å². The number of alkyl halides is 10. The van der Waals surface area contributed by atoms with E-state index in [1.807, 2.05) is 32.0 Å². The molecule has 73 heavy (non-hydrogen) atoms. The van der Waals surface area contributed by atoms with Gasteiger partial charge in [-0.3, -0.25) is 0 Å². The molecule has 0 aliphatic carbocycles. The number of halogens is 10. The summed E-state index contributed by atoms with van der Waals surface area (Å²) in [6, 6.07) is 28.5. The van der Waals surface area contributed by atoms with Crippen LogP contribution in [0.5, 0.6) is 23.0 Å². The van der Waals surface area contributed by atoms with Crippen molar-refractivity contribution in [3.63, 3.8) is 0 Å². The van der Waals surface area contributed by atoms with Crippen molar-refractivity contribution >= 4 is 36.0 Å². The highest BCUT2D eigenvalue weighted by Crippen LogP contribution is 2.40. The van der Waals surface area contributed by atoms with E-state index in [0.717, 1.165) is 16.7 Å². The third kappa shape index (κ3) is 17.6. The molecule has 0 spiro atoms. The number of ether oxygens (including phenoxy) is 6. The molecule has 0 aromatic heterocycles. The standard InChI is InChI=1S/C53H46F10O10/c1-34-5-24-45(35(2)31-34)40(32-70-46(64)25-10-36-6-16-43(17-7-36)72-48(66)38-12-20-41(21-13-38)68-29-3-27-50(54,55)52(58,59)60)33-71-47(65)26-11-37-8-18-44(19-9-37)73-49(67)39-14-22-42(23-15-39)69-30-4-28-51(56,57)53(61,62)63/h5-26,31,40H,3-4,27-30,32-33H2,1-2H3/b25-10+,26-11+. The Morgan fingerprint density at radius 2 is 0.863 bits per heavy atom. The monoisotopic (exact) mass is 1030 g/mol.